The van der Waals surface area contributed by atoms with E-state index in [2.05, 4.69) is 43.3 Å². The van der Waals surface area contributed by atoms with Gasteiger partial charge in [-0.05, 0) is 0 Å². The molecule has 1 aromatic heterocycles. The molecule has 0 saturated heterocycles. The molecule has 0 fully saturated rings. The Bertz CT molecular complexity index is 1130. The number of rotatable bonds is 3. The first-order chi connectivity index (χ1) is 12.6. The monoisotopic (exact) mass is 406 g/mol. The first kappa shape index (κ1) is 16.8. The van der Waals surface area contributed by atoms with Crippen LogP contribution in [0.4, 0.5) is 0 Å². The van der Waals surface area contributed by atoms with E-state index in [0.717, 1.165) is 26.5 Å². The van der Waals surface area contributed by atoms with Crippen LogP contribution < -0.4 is 14.5 Å². The Hall–Kier alpha value is -2.61. The Kier molecular flexibility index (Phi) is 4.50. The number of hydrogen-bond donors (Lipinski definition) is 0. The van der Waals surface area contributed by atoms with Crippen LogP contribution in [0.25, 0.3) is 22.1 Å². The maximum atomic E-state index is 12.9. The van der Waals surface area contributed by atoms with Gasteiger partial charge in [-0.15, -0.1) is 0 Å². The Balaban J connectivity index is 2.01. The molecule has 0 aliphatic rings. The fraction of sp³-hybridized carbons (Fsp3) is 0.0870. The van der Waals surface area contributed by atoms with E-state index in [9.17, 15) is 4.79 Å². The van der Waals surface area contributed by atoms with Gasteiger partial charge in [-0.1, -0.05) is 0 Å². The molecule has 1 heterocycles. The Morgan fingerprint density at radius 2 is 1.54 bits per heavy atom. The number of benzene rings is 3. The van der Waals surface area contributed by atoms with Crippen molar-refractivity contribution in [1.29, 1.82) is 0 Å². The molecule has 0 saturated carbocycles. The number of para-hydroxylation sites is 1. The van der Waals surface area contributed by atoms with Crippen LogP contribution in [0.15, 0.2) is 82.0 Å². The van der Waals surface area contributed by atoms with E-state index in [0.29, 0.717) is 5.58 Å². The molecule has 2 nitrogen and oxygen atoms in total. The van der Waals surface area contributed by atoms with Crippen molar-refractivity contribution in [2.75, 3.05) is 0 Å². The quantitative estimate of drug-likeness (QED) is 0.384. The van der Waals surface area contributed by atoms with Gasteiger partial charge in [-0.2, -0.15) is 0 Å². The van der Waals surface area contributed by atoms with Crippen LogP contribution in [-0.2, 0) is 0 Å². The van der Waals surface area contributed by atoms with Crippen LogP contribution in [0, 0.1) is 13.8 Å². The van der Waals surface area contributed by atoms with Crippen molar-refractivity contribution in [3.63, 3.8) is 0 Å². The molecule has 0 N–H and O–H groups in total. The van der Waals surface area contributed by atoms with E-state index in [4.69, 9.17) is 4.42 Å². The second-order valence-electron chi connectivity index (χ2n) is 6.33. The van der Waals surface area contributed by atoms with Gasteiger partial charge in [0.25, 0.3) is 0 Å². The molecule has 0 unspecified atom stereocenters. The van der Waals surface area contributed by atoms with Gasteiger partial charge >= 0.3 is 159 Å². The summed E-state index contributed by atoms with van der Waals surface area (Å²) in [6.45, 7) is 4.05. The van der Waals surface area contributed by atoms with Crippen molar-refractivity contribution >= 4 is 34.8 Å². The van der Waals surface area contributed by atoms with Crippen LogP contribution >= 0.6 is 0 Å². The molecular formula is C23H18O2Se. The number of fused-ring (bicyclic) bond motifs is 1. The molecular weight excluding hydrogens is 387 g/mol. The minimum atomic E-state index is -0.230. The molecule has 0 aliphatic heterocycles. The van der Waals surface area contributed by atoms with Gasteiger partial charge in [-0.25, -0.2) is 0 Å². The van der Waals surface area contributed by atoms with Gasteiger partial charge in [0, 0.05) is 0 Å². The summed E-state index contributed by atoms with van der Waals surface area (Å²) in [4.78, 5) is 12.9. The Morgan fingerprint density at radius 1 is 0.808 bits per heavy atom. The van der Waals surface area contributed by atoms with Crippen molar-refractivity contribution in [1.82, 2.24) is 0 Å². The number of hydrogen-bond acceptors (Lipinski definition) is 2. The van der Waals surface area contributed by atoms with Crippen molar-refractivity contribution in [3.05, 3.63) is 94.3 Å². The zero-order valence-corrected chi connectivity index (χ0v) is 16.4. The zero-order valence-electron chi connectivity index (χ0n) is 14.7. The average Bonchev–Trinajstić information content (AvgIpc) is 2.66. The Labute approximate surface area is 158 Å². The fourth-order valence-corrected chi connectivity index (χ4v) is 5.08. The summed E-state index contributed by atoms with van der Waals surface area (Å²) in [6, 6.07) is 24.6. The first-order valence-corrected chi connectivity index (χ1v) is 10.2. The fourth-order valence-electron chi connectivity index (χ4n) is 3.06. The SMILES string of the molecule is Cc1ccc([Se]c2c(-c3ccccc3)c3cccc(C)c3oc2=O)cc1. The van der Waals surface area contributed by atoms with Crippen molar-refractivity contribution in [2.24, 2.45) is 0 Å². The van der Waals surface area contributed by atoms with E-state index in [1.54, 1.807) is 0 Å². The van der Waals surface area contributed by atoms with E-state index < -0.39 is 0 Å². The van der Waals surface area contributed by atoms with E-state index in [1.165, 1.54) is 10.0 Å². The van der Waals surface area contributed by atoms with Crippen molar-refractivity contribution in [2.45, 2.75) is 13.8 Å². The molecule has 3 aromatic carbocycles. The topological polar surface area (TPSA) is 30.2 Å². The molecule has 0 bridgehead atoms. The second-order valence-corrected chi connectivity index (χ2v) is 8.60. The minimum absolute atomic E-state index is 0.128. The summed E-state index contributed by atoms with van der Waals surface area (Å²) >= 11 is -0.128. The molecule has 0 radical (unpaired) electrons. The van der Waals surface area contributed by atoms with Crippen molar-refractivity contribution < 1.29 is 4.42 Å². The van der Waals surface area contributed by atoms with Gasteiger partial charge in [0.05, 0.1) is 0 Å². The molecule has 4 aromatic rings. The summed E-state index contributed by atoms with van der Waals surface area (Å²) in [5.41, 5.74) is 4.70. The van der Waals surface area contributed by atoms with Gasteiger partial charge in [0.15, 0.2) is 0 Å². The Morgan fingerprint density at radius 3 is 2.27 bits per heavy atom. The molecule has 4 rings (SSSR count). The third kappa shape index (κ3) is 3.12. The number of aryl methyl sites for hydroxylation is 2. The second kappa shape index (κ2) is 6.95. The normalized spacial score (nSPS) is 11.0. The summed E-state index contributed by atoms with van der Waals surface area (Å²) in [5.74, 6) is 0. The predicted molar refractivity (Wildman–Crippen MR) is 109 cm³/mol. The van der Waals surface area contributed by atoms with E-state index >= 15 is 0 Å². The third-order valence-corrected chi connectivity index (χ3v) is 6.66. The molecule has 0 atom stereocenters. The standard InChI is InChI=1S/C23H18O2Se/c1-15-11-13-18(14-12-15)26-22-20(17-8-4-3-5-9-17)19-10-6-7-16(2)21(19)25-23(22)24/h3-14H,1-2H3. The average molecular weight is 405 g/mol. The van der Waals surface area contributed by atoms with Gasteiger partial charge in [-0.3, -0.25) is 0 Å². The summed E-state index contributed by atoms with van der Waals surface area (Å²) in [5, 5.41) is 1.000. The summed E-state index contributed by atoms with van der Waals surface area (Å²) in [7, 11) is 0. The summed E-state index contributed by atoms with van der Waals surface area (Å²) in [6.07, 6.45) is 0. The molecule has 128 valence electrons. The summed E-state index contributed by atoms with van der Waals surface area (Å²) < 4.78 is 7.68. The first-order valence-electron chi connectivity index (χ1n) is 8.50. The van der Waals surface area contributed by atoms with E-state index in [1.807, 2.05) is 43.3 Å². The molecule has 0 amide bonds. The van der Waals surface area contributed by atoms with Gasteiger partial charge in [0.2, 0.25) is 0 Å². The molecule has 3 heteroatoms. The van der Waals surface area contributed by atoms with Crippen LogP contribution in [0.2, 0.25) is 0 Å². The zero-order chi connectivity index (χ0) is 18.1. The van der Waals surface area contributed by atoms with Crippen LogP contribution in [0.1, 0.15) is 11.1 Å². The van der Waals surface area contributed by atoms with Gasteiger partial charge in [0.1, 0.15) is 0 Å². The van der Waals surface area contributed by atoms with Crippen molar-refractivity contribution in [3.8, 4) is 11.1 Å². The maximum absolute atomic E-state index is 12.9. The molecule has 26 heavy (non-hydrogen) atoms. The van der Waals surface area contributed by atoms with Crippen LogP contribution in [-0.4, -0.2) is 15.0 Å². The third-order valence-electron chi connectivity index (χ3n) is 4.39. The van der Waals surface area contributed by atoms with Crippen LogP contribution in [0.5, 0.6) is 0 Å². The van der Waals surface area contributed by atoms with Gasteiger partial charge < -0.3 is 0 Å². The van der Waals surface area contributed by atoms with E-state index in [-0.39, 0.29) is 20.6 Å². The molecule has 0 spiro atoms. The molecule has 0 aliphatic carbocycles. The predicted octanol–water partition coefficient (Wildman–Crippen LogP) is 3.73. The van der Waals surface area contributed by atoms with Crippen LogP contribution in [0.3, 0.4) is 0 Å².